The van der Waals surface area contributed by atoms with Crippen molar-refractivity contribution < 1.29 is 9.53 Å². The molecule has 2 N–H and O–H groups in total. The van der Waals surface area contributed by atoms with E-state index < -0.39 is 0 Å². The number of carbonyl (C=O) groups is 1. The van der Waals surface area contributed by atoms with Crippen molar-refractivity contribution in [1.29, 1.82) is 0 Å². The summed E-state index contributed by atoms with van der Waals surface area (Å²) in [4.78, 5) is 17.8. The molecule has 0 spiro atoms. The van der Waals surface area contributed by atoms with E-state index in [9.17, 15) is 4.79 Å². The van der Waals surface area contributed by atoms with E-state index in [0.717, 1.165) is 5.69 Å². The van der Waals surface area contributed by atoms with Gasteiger partial charge in [-0.2, -0.15) is 0 Å². The van der Waals surface area contributed by atoms with E-state index in [4.69, 9.17) is 10.5 Å². The number of ether oxygens (including phenoxy) is 1. The number of hydrogen-bond donors (Lipinski definition) is 1. The first kappa shape index (κ1) is 13.9. The topological polar surface area (TPSA) is 68.5 Å². The smallest absolute Gasteiger partial charge is 0.257 e. The second kappa shape index (κ2) is 5.61. The summed E-state index contributed by atoms with van der Waals surface area (Å²) in [6.07, 6.45) is 1.61. The van der Waals surface area contributed by atoms with Crippen LogP contribution in [0.3, 0.4) is 0 Å². The molecular formula is C15H17N3O2. The van der Waals surface area contributed by atoms with Crippen LogP contribution < -0.4 is 10.5 Å². The van der Waals surface area contributed by atoms with Crippen LogP contribution in [0.2, 0.25) is 0 Å². The van der Waals surface area contributed by atoms with Crippen LogP contribution in [0.4, 0.5) is 5.69 Å². The molecule has 1 aromatic carbocycles. The van der Waals surface area contributed by atoms with E-state index in [1.54, 1.807) is 44.6 Å². The highest BCUT2D eigenvalue weighted by atomic mass is 16.5. The minimum Gasteiger partial charge on any atom is -0.455 e. The van der Waals surface area contributed by atoms with Crippen molar-refractivity contribution >= 4 is 11.6 Å². The van der Waals surface area contributed by atoms with Gasteiger partial charge in [-0.15, -0.1) is 0 Å². The number of nitrogen functional groups attached to an aromatic ring is 1. The number of hydrogen-bond acceptors (Lipinski definition) is 4. The molecule has 1 heterocycles. The van der Waals surface area contributed by atoms with Crippen molar-refractivity contribution in [1.82, 2.24) is 9.88 Å². The number of amides is 1. The fourth-order valence-electron chi connectivity index (χ4n) is 1.68. The van der Waals surface area contributed by atoms with Crippen molar-refractivity contribution in [2.45, 2.75) is 6.92 Å². The molecular weight excluding hydrogens is 254 g/mol. The van der Waals surface area contributed by atoms with Gasteiger partial charge in [-0.3, -0.25) is 9.78 Å². The van der Waals surface area contributed by atoms with Crippen molar-refractivity contribution in [2.75, 3.05) is 19.8 Å². The Morgan fingerprint density at radius 2 is 2.00 bits per heavy atom. The van der Waals surface area contributed by atoms with Gasteiger partial charge in [0, 0.05) is 31.5 Å². The molecule has 0 unspecified atom stereocenters. The van der Waals surface area contributed by atoms with Gasteiger partial charge in [0.1, 0.15) is 11.5 Å². The van der Waals surface area contributed by atoms with Crippen molar-refractivity contribution in [2.24, 2.45) is 0 Å². The van der Waals surface area contributed by atoms with Crippen LogP contribution in [0.5, 0.6) is 11.5 Å². The van der Waals surface area contributed by atoms with Gasteiger partial charge in [-0.05, 0) is 31.2 Å². The zero-order valence-electron chi connectivity index (χ0n) is 11.8. The van der Waals surface area contributed by atoms with E-state index in [1.165, 1.54) is 4.90 Å². The Hall–Kier alpha value is -2.56. The molecule has 20 heavy (non-hydrogen) atoms. The Morgan fingerprint density at radius 1 is 1.25 bits per heavy atom. The molecule has 0 radical (unpaired) electrons. The standard InChI is InChI=1S/C15H17N3O2/c1-10-4-6-12(9-17-10)20-14-8-11(16)5-7-13(14)15(19)18(2)3/h4-9H,16H2,1-3H3. The Balaban J connectivity index is 2.37. The fourth-order valence-corrected chi connectivity index (χ4v) is 1.68. The number of nitrogens with zero attached hydrogens (tertiary/aromatic N) is 2. The molecule has 2 rings (SSSR count). The first-order valence-electron chi connectivity index (χ1n) is 6.19. The normalized spacial score (nSPS) is 10.2. The third-order valence-electron chi connectivity index (χ3n) is 2.75. The van der Waals surface area contributed by atoms with Crippen LogP contribution in [0.25, 0.3) is 0 Å². The molecule has 5 heteroatoms. The van der Waals surface area contributed by atoms with Crippen molar-refractivity contribution in [3.05, 3.63) is 47.8 Å². The average molecular weight is 271 g/mol. The molecule has 5 nitrogen and oxygen atoms in total. The van der Waals surface area contributed by atoms with Crippen LogP contribution in [-0.2, 0) is 0 Å². The lowest BCUT2D eigenvalue weighted by molar-refractivity contribution is 0.0825. The predicted molar refractivity (Wildman–Crippen MR) is 77.9 cm³/mol. The first-order valence-corrected chi connectivity index (χ1v) is 6.19. The number of carbonyl (C=O) groups excluding carboxylic acids is 1. The second-order valence-electron chi connectivity index (χ2n) is 4.69. The molecule has 0 aliphatic rings. The quantitative estimate of drug-likeness (QED) is 0.871. The lowest BCUT2D eigenvalue weighted by atomic mass is 10.1. The summed E-state index contributed by atoms with van der Waals surface area (Å²) in [6.45, 7) is 1.89. The van der Waals surface area contributed by atoms with E-state index in [0.29, 0.717) is 22.7 Å². The summed E-state index contributed by atoms with van der Waals surface area (Å²) >= 11 is 0. The van der Waals surface area contributed by atoms with Crippen molar-refractivity contribution in [3.63, 3.8) is 0 Å². The van der Waals surface area contributed by atoms with Crippen LogP contribution in [0, 0.1) is 6.92 Å². The predicted octanol–water partition coefficient (Wildman–Crippen LogP) is 2.47. The van der Waals surface area contributed by atoms with Gasteiger partial charge in [-0.25, -0.2) is 0 Å². The maximum Gasteiger partial charge on any atom is 0.257 e. The van der Waals surface area contributed by atoms with E-state index >= 15 is 0 Å². The molecule has 104 valence electrons. The molecule has 0 aliphatic carbocycles. The number of nitrogens with two attached hydrogens (primary N) is 1. The highest BCUT2D eigenvalue weighted by Crippen LogP contribution is 2.28. The summed E-state index contributed by atoms with van der Waals surface area (Å²) in [5, 5.41) is 0. The molecule has 0 fully saturated rings. The number of pyridine rings is 1. The fraction of sp³-hybridized carbons (Fsp3) is 0.200. The highest BCUT2D eigenvalue weighted by Gasteiger charge is 2.15. The lowest BCUT2D eigenvalue weighted by Gasteiger charge is -2.15. The lowest BCUT2D eigenvalue weighted by Crippen LogP contribution is -2.22. The van der Waals surface area contributed by atoms with Crippen LogP contribution in [-0.4, -0.2) is 29.9 Å². The largest absolute Gasteiger partial charge is 0.455 e. The molecule has 0 saturated carbocycles. The average Bonchev–Trinajstić information content (AvgIpc) is 2.41. The Kier molecular flexibility index (Phi) is 3.89. The van der Waals surface area contributed by atoms with Gasteiger partial charge in [-0.1, -0.05) is 0 Å². The summed E-state index contributed by atoms with van der Waals surface area (Å²) in [5.41, 5.74) is 7.66. The maximum absolute atomic E-state index is 12.1. The zero-order valence-corrected chi connectivity index (χ0v) is 11.8. The van der Waals surface area contributed by atoms with Gasteiger partial charge >= 0.3 is 0 Å². The third kappa shape index (κ3) is 3.06. The molecule has 2 aromatic rings. The van der Waals surface area contributed by atoms with E-state index in [1.807, 2.05) is 13.0 Å². The van der Waals surface area contributed by atoms with Crippen molar-refractivity contribution in [3.8, 4) is 11.5 Å². The summed E-state index contributed by atoms with van der Waals surface area (Å²) < 4.78 is 5.73. The number of aryl methyl sites for hydroxylation is 1. The minimum atomic E-state index is -0.139. The first-order chi connectivity index (χ1) is 9.47. The molecule has 0 bridgehead atoms. The van der Waals surface area contributed by atoms with Crippen LogP contribution in [0.15, 0.2) is 36.5 Å². The molecule has 0 saturated heterocycles. The number of anilines is 1. The number of benzene rings is 1. The third-order valence-corrected chi connectivity index (χ3v) is 2.75. The van der Waals surface area contributed by atoms with Gasteiger partial charge in [0.05, 0.1) is 11.8 Å². The van der Waals surface area contributed by atoms with E-state index in [2.05, 4.69) is 4.98 Å². The Labute approximate surface area is 118 Å². The van der Waals surface area contributed by atoms with Gasteiger partial charge in [0.25, 0.3) is 5.91 Å². The SMILES string of the molecule is Cc1ccc(Oc2cc(N)ccc2C(=O)N(C)C)cn1. The summed E-state index contributed by atoms with van der Waals surface area (Å²) in [7, 11) is 3.38. The highest BCUT2D eigenvalue weighted by molar-refractivity contribution is 5.97. The molecule has 1 aromatic heterocycles. The van der Waals surface area contributed by atoms with Crippen LogP contribution >= 0.6 is 0 Å². The van der Waals surface area contributed by atoms with E-state index in [-0.39, 0.29) is 5.91 Å². The maximum atomic E-state index is 12.1. The number of aromatic nitrogens is 1. The summed E-state index contributed by atoms with van der Waals surface area (Å²) in [6, 6.07) is 8.62. The van der Waals surface area contributed by atoms with Gasteiger partial charge in [0.2, 0.25) is 0 Å². The van der Waals surface area contributed by atoms with Gasteiger partial charge in [0.15, 0.2) is 0 Å². The minimum absolute atomic E-state index is 0.139. The zero-order chi connectivity index (χ0) is 14.7. The Bertz CT molecular complexity index is 622. The van der Waals surface area contributed by atoms with Crippen LogP contribution in [0.1, 0.15) is 16.1 Å². The molecule has 0 aliphatic heterocycles. The molecule has 0 atom stereocenters. The molecule has 1 amide bonds. The monoisotopic (exact) mass is 271 g/mol. The summed E-state index contributed by atoms with van der Waals surface area (Å²) in [5.74, 6) is 0.850. The van der Waals surface area contributed by atoms with Gasteiger partial charge < -0.3 is 15.4 Å². The Morgan fingerprint density at radius 3 is 2.60 bits per heavy atom. The second-order valence-corrected chi connectivity index (χ2v) is 4.69. The number of rotatable bonds is 3.